The van der Waals surface area contributed by atoms with E-state index in [1.165, 1.54) is 0 Å². The SMILES string of the molecule is C=CCNC(=O)c1ccccc1NC(=O)CCC(=O)[O-]. The molecule has 0 aliphatic heterocycles. The van der Waals surface area contributed by atoms with Crippen molar-refractivity contribution in [2.45, 2.75) is 12.8 Å². The molecule has 0 aliphatic carbocycles. The lowest BCUT2D eigenvalue weighted by molar-refractivity contribution is -0.305. The average molecular weight is 275 g/mol. The fourth-order valence-electron chi connectivity index (χ4n) is 1.48. The maximum absolute atomic E-state index is 11.9. The van der Waals surface area contributed by atoms with Gasteiger partial charge in [-0.2, -0.15) is 0 Å². The zero-order valence-corrected chi connectivity index (χ0v) is 10.8. The lowest BCUT2D eigenvalue weighted by atomic mass is 10.1. The van der Waals surface area contributed by atoms with E-state index in [1.54, 1.807) is 30.3 Å². The maximum Gasteiger partial charge on any atom is 0.253 e. The number of benzene rings is 1. The molecule has 0 aromatic heterocycles. The number of carbonyl (C=O) groups is 3. The predicted octanol–water partition coefficient (Wildman–Crippen LogP) is 0.0710. The molecule has 0 spiro atoms. The van der Waals surface area contributed by atoms with Crippen LogP contribution in [-0.4, -0.2) is 24.3 Å². The normalized spacial score (nSPS) is 9.60. The van der Waals surface area contributed by atoms with Gasteiger partial charge in [0.2, 0.25) is 5.91 Å². The third-order valence-electron chi connectivity index (χ3n) is 2.41. The quantitative estimate of drug-likeness (QED) is 0.688. The molecule has 6 nitrogen and oxygen atoms in total. The standard InChI is InChI=1S/C14H16N2O4/c1-2-9-15-14(20)10-5-3-4-6-11(10)16-12(17)7-8-13(18)19/h2-6H,1,7-9H2,(H,15,20)(H,16,17)(H,18,19)/p-1. The number of amides is 2. The van der Waals surface area contributed by atoms with E-state index in [-0.39, 0.29) is 18.7 Å². The largest absolute Gasteiger partial charge is 0.550 e. The Kier molecular flexibility index (Phi) is 5.96. The number of rotatable bonds is 7. The molecule has 0 atom stereocenters. The van der Waals surface area contributed by atoms with Crippen LogP contribution in [0.3, 0.4) is 0 Å². The van der Waals surface area contributed by atoms with Crippen molar-refractivity contribution in [2.75, 3.05) is 11.9 Å². The second-order valence-electron chi connectivity index (χ2n) is 3.96. The van der Waals surface area contributed by atoms with Gasteiger partial charge in [-0.05, 0) is 18.6 Å². The number of para-hydroxylation sites is 1. The van der Waals surface area contributed by atoms with Gasteiger partial charge in [-0.25, -0.2) is 0 Å². The first kappa shape index (κ1) is 15.4. The summed E-state index contributed by atoms with van der Waals surface area (Å²) >= 11 is 0. The van der Waals surface area contributed by atoms with Crippen molar-refractivity contribution in [3.8, 4) is 0 Å². The molecule has 0 saturated heterocycles. The average Bonchev–Trinajstić information content (AvgIpc) is 2.43. The van der Waals surface area contributed by atoms with E-state index in [4.69, 9.17) is 0 Å². The van der Waals surface area contributed by atoms with E-state index < -0.39 is 11.9 Å². The molecule has 1 aromatic rings. The third kappa shape index (κ3) is 4.93. The fourth-order valence-corrected chi connectivity index (χ4v) is 1.48. The first-order valence-electron chi connectivity index (χ1n) is 6.02. The molecule has 2 amide bonds. The van der Waals surface area contributed by atoms with Crippen molar-refractivity contribution >= 4 is 23.5 Å². The van der Waals surface area contributed by atoms with Crippen LogP contribution in [0.15, 0.2) is 36.9 Å². The molecule has 0 unspecified atom stereocenters. The molecule has 0 fully saturated rings. The van der Waals surface area contributed by atoms with Gasteiger partial charge in [-0.15, -0.1) is 6.58 Å². The van der Waals surface area contributed by atoms with Crippen LogP contribution in [0.5, 0.6) is 0 Å². The van der Waals surface area contributed by atoms with Crippen LogP contribution in [0.2, 0.25) is 0 Å². The van der Waals surface area contributed by atoms with Crippen molar-refractivity contribution in [3.63, 3.8) is 0 Å². The number of hydrogen-bond donors (Lipinski definition) is 2. The molecule has 0 saturated carbocycles. The van der Waals surface area contributed by atoms with Gasteiger partial charge in [-0.3, -0.25) is 9.59 Å². The van der Waals surface area contributed by atoms with Crippen LogP contribution in [0.4, 0.5) is 5.69 Å². The highest BCUT2D eigenvalue weighted by Gasteiger charge is 2.12. The number of carboxylic acids is 1. The summed E-state index contributed by atoms with van der Waals surface area (Å²) in [7, 11) is 0. The van der Waals surface area contributed by atoms with Crippen LogP contribution in [-0.2, 0) is 9.59 Å². The molecule has 0 aliphatic rings. The molecular formula is C14H15N2O4-. The minimum absolute atomic E-state index is 0.203. The van der Waals surface area contributed by atoms with Crippen LogP contribution >= 0.6 is 0 Å². The van der Waals surface area contributed by atoms with Crippen LogP contribution in [0.25, 0.3) is 0 Å². The molecule has 106 valence electrons. The number of carboxylic acid groups (broad SMARTS) is 1. The molecule has 0 bridgehead atoms. The van der Waals surface area contributed by atoms with Crippen molar-refractivity contribution in [1.82, 2.24) is 5.32 Å². The molecule has 2 N–H and O–H groups in total. The van der Waals surface area contributed by atoms with Crippen molar-refractivity contribution in [1.29, 1.82) is 0 Å². The Balaban J connectivity index is 2.74. The summed E-state index contributed by atoms with van der Waals surface area (Å²) in [5.41, 5.74) is 0.633. The van der Waals surface area contributed by atoms with E-state index in [1.807, 2.05) is 0 Å². The van der Waals surface area contributed by atoms with Crippen molar-refractivity contribution in [3.05, 3.63) is 42.5 Å². The Morgan fingerprint density at radius 2 is 1.90 bits per heavy atom. The summed E-state index contributed by atoms with van der Waals surface area (Å²) in [5, 5.41) is 15.4. The van der Waals surface area contributed by atoms with Gasteiger partial charge in [0.1, 0.15) is 0 Å². The smallest absolute Gasteiger partial charge is 0.253 e. The number of aliphatic carboxylic acids is 1. The van der Waals surface area contributed by atoms with Gasteiger partial charge in [0.25, 0.3) is 5.91 Å². The summed E-state index contributed by atoms with van der Waals surface area (Å²) in [4.78, 5) is 33.7. The van der Waals surface area contributed by atoms with Gasteiger partial charge >= 0.3 is 0 Å². The lowest BCUT2D eigenvalue weighted by Gasteiger charge is -2.11. The number of anilines is 1. The van der Waals surface area contributed by atoms with Crippen LogP contribution in [0, 0.1) is 0 Å². The van der Waals surface area contributed by atoms with E-state index >= 15 is 0 Å². The first-order valence-corrected chi connectivity index (χ1v) is 6.02. The summed E-state index contributed by atoms with van der Waals surface area (Å²) in [5.74, 6) is -2.13. The number of hydrogen-bond acceptors (Lipinski definition) is 4. The Bertz CT molecular complexity index is 526. The Morgan fingerprint density at radius 1 is 1.20 bits per heavy atom. The summed E-state index contributed by atoms with van der Waals surface area (Å²) in [6.45, 7) is 3.80. The number of nitrogens with one attached hydrogen (secondary N) is 2. The van der Waals surface area contributed by atoms with E-state index in [0.717, 1.165) is 0 Å². The fraction of sp³-hybridized carbons (Fsp3) is 0.214. The molecule has 0 radical (unpaired) electrons. The highest BCUT2D eigenvalue weighted by molar-refractivity contribution is 6.04. The molecule has 0 heterocycles. The highest BCUT2D eigenvalue weighted by Crippen LogP contribution is 2.15. The minimum atomic E-state index is -1.29. The zero-order valence-electron chi connectivity index (χ0n) is 10.8. The van der Waals surface area contributed by atoms with E-state index in [9.17, 15) is 19.5 Å². The van der Waals surface area contributed by atoms with Gasteiger partial charge in [0.05, 0.1) is 11.3 Å². The molecule has 1 aromatic carbocycles. The Labute approximate surface area is 116 Å². The Hall–Kier alpha value is -2.63. The van der Waals surface area contributed by atoms with Gasteiger partial charge in [-0.1, -0.05) is 18.2 Å². The van der Waals surface area contributed by atoms with E-state index in [2.05, 4.69) is 17.2 Å². The molecular weight excluding hydrogens is 260 g/mol. The van der Waals surface area contributed by atoms with Crippen LogP contribution < -0.4 is 15.7 Å². The molecule has 6 heteroatoms. The van der Waals surface area contributed by atoms with Gasteiger partial charge in [0, 0.05) is 18.9 Å². The summed E-state index contributed by atoms with van der Waals surface area (Å²) in [6.07, 6.45) is 0.973. The van der Waals surface area contributed by atoms with Gasteiger partial charge < -0.3 is 20.5 Å². The zero-order chi connectivity index (χ0) is 15.0. The minimum Gasteiger partial charge on any atom is -0.550 e. The van der Waals surface area contributed by atoms with Crippen molar-refractivity contribution < 1.29 is 19.5 Å². The van der Waals surface area contributed by atoms with Crippen LogP contribution in [0.1, 0.15) is 23.2 Å². The molecule has 20 heavy (non-hydrogen) atoms. The van der Waals surface area contributed by atoms with Crippen molar-refractivity contribution in [2.24, 2.45) is 0 Å². The van der Waals surface area contributed by atoms with E-state index in [0.29, 0.717) is 17.8 Å². The lowest BCUT2D eigenvalue weighted by Crippen LogP contribution is -2.26. The monoisotopic (exact) mass is 275 g/mol. The number of carbonyl (C=O) groups excluding carboxylic acids is 3. The van der Waals surface area contributed by atoms with Gasteiger partial charge in [0.15, 0.2) is 0 Å². The highest BCUT2D eigenvalue weighted by atomic mass is 16.4. The first-order chi connectivity index (χ1) is 9.54. The second kappa shape index (κ2) is 7.73. The summed E-state index contributed by atoms with van der Waals surface area (Å²) in [6, 6.07) is 6.46. The topological polar surface area (TPSA) is 98.3 Å². The second-order valence-corrected chi connectivity index (χ2v) is 3.96. The predicted molar refractivity (Wildman–Crippen MR) is 71.8 cm³/mol. The Morgan fingerprint density at radius 3 is 2.55 bits per heavy atom. The summed E-state index contributed by atoms with van der Waals surface area (Å²) < 4.78 is 0. The third-order valence-corrected chi connectivity index (χ3v) is 2.41. The molecule has 1 rings (SSSR count). The maximum atomic E-state index is 11.9.